The van der Waals surface area contributed by atoms with Crippen molar-refractivity contribution >= 4 is 5.78 Å². The van der Waals surface area contributed by atoms with Crippen molar-refractivity contribution in [2.24, 2.45) is 0 Å². The number of hydrogen-bond acceptors (Lipinski definition) is 4. The van der Waals surface area contributed by atoms with Crippen molar-refractivity contribution in [1.82, 2.24) is 9.80 Å². The number of allylic oxidation sites excluding steroid dienone is 1. The van der Waals surface area contributed by atoms with E-state index in [4.69, 9.17) is 4.74 Å². The molecule has 130 valence electrons. The number of ketones is 1. The van der Waals surface area contributed by atoms with Crippen molar-refractivity contribution in [2.45, 2.75) is 38.1 Å². The van der Waals surface area contributed by atoms with Crippen LogP contribution in [0.5, 0.6) is 5.75 Å². The van der Waals surface area contributed by atoms with Gasteiger partial charge in [0, 0.05) is 37.0 Å². The molecule has 0 atom stereocenters. The van der Waals surface area contributed by atoms with Gasteiger partial charge < -0.3 is 14.5 Å². The molecule has 0 aliphatic carbocycles. The Hall–Kier alpha value is -1.81. The normalized spacial score (nSPS) is 20.5. The van der Waals surface area contributed by atoms with Gasteiger partial charge in [-0.25, -0.2) is 0 Å². The Morgan fingerprint density at radius 3 is 2.58 bits per heavy atom. The standard InChI is InChI=1S/C20H28N2O2/c1-24-19-7-5-6-17(16-19)20(23)10-15-21-13-8-18(9-14-21)22-11-3-2-4-12-22/h5-7,10,15-16,18H,2-4,8-9,11-14H2,1H3. The van der Waals surface area contributed by atoms with Gasteiger partial charge in [-0.15, -0.1) is 0 Å². The Morgan fingerprint density at radius 2 is 1.88 bits per heavy atom. The van der Waals surface area contributed by atoms with E-state index >= 15 is 0 Å². The highest BCUT2D eigenvalue weighted by molar-refractivity contribution is 6.04. The fraction of sp³-hybridized carbons (Fsp3) is 0.550. The molecule has 2 aliphatic rings. The lowest BCUT2D eigenvalue weighted by atomic mass is 10.00. The number of ether oxygens (including phenoxy) is 1. The molecule has 0 aromatic heterocycles. The molecule has 0 radical (unpaired) electrons. The first-order valence-corrected chi connectivity index (χ1v) is 9.11. The van der Waals surface area contributed by atoms with Crippen molar-refractivity contribution < 1.29 is 9.53 Å². The molecule has 2 heterocycles. The van der Waals surface area contributed by atoms with E-state index in [-0.39, 0.29) is 5.78 Å². The average molecular weight is 328 g/mol. The van der Waals surface area contributed by atoms with Gasteiger partial charge >= 0.3 is 0 Å². The molecule has 2 saturated heterocycles. The minimum Gasteiger partial charge on any atom is -0.497 e. The molecule has 4 nitrogen and oxygen atoms in total. The second kappa shape index (κ2) is 8.34. The zero-order valence-corrected chi connectivity index (χ0v) is 14.6. The van der Waals surface area contributed by atoms with Gasteiger partial charge in [-0.1, -0.05) is 18.6 Å². The van der Waals surface area contributed by atoms with E-state index in [0.717, 1.165) is 24.9 Å². The third-order valence-electron chi connectivity index (χ3n) is 5.20. The maximum absolute atomic E-state index is 12.3. The van der Waals surface area contributed by atoms with Crippen LogP contribution in [0.1, 0.15) is 42.5 Å². The number of nitrogens with zero attached hydrogens (tertiary/aromatic N) is 2. The summed E-state index contributed by atoms with van der Waals surface area (Å²) < 4.78 is 5.18. The van der Waals surface area contributed by atoms with E-state index < -0.39 is 0 Å². The first-order chi connectivity index (χ1) is 11.8. The number of carbonyl (C=O) groups is 1. The first kappa shape index (κ1) is 17.0. The van der Waals surface area contributed by atoms with Crippen molar-refractivity contribution in [1.29, 1.82) is 0 Å². The van der Waals surface area contributed by atoms with Crippen LogP contribution in [0.3, 0.4) is 0 Å². The Labute approximate surface area is 145 Å². The Balaban J connectivity index is 1.49. The SMILES string of the molecule is COc1cccc(C(=O)C=CN2CCC(N3CCCCC3)CC2)c1. The first-order valence-electron chi connectivity index (χ1n) is 9.11. The summed E-state index contributed by atoms with van der Waals surface area (Å²) in [6.45, 7) is 4.63. The van der Waals surface area contributed by atoms with E-state index in [9.17, 15) is 4.79 Å². The molecule has 2 aliphatic heterocycles. The molecule has 4 heteroatoms. The monoisotopic (exact) mass is 328 g/mol. The number of rotatable bonds is 5. The minimum atomic E-state index is 0.0343. The van der Waals surface area contributed by atoms with Crippen molar-refractivity contribution in [3.8, 4) is 5.75 Å². The van der Waals surface area contributed by atoms with Crippen molar-refractivity contribution in [3.05, 3.63) is 42.1 Å². The van der Waals surface area contributed by atoms with Crippen LogP contribution in [0, 0.1) is 0 Å². The Morgan fingerprint density at radius 1 is 1.12 bits per heavy atom. The molecule has 24 heavy (non-hydrogen) atoms. The van der Waals surface area contributed by atoms with Gasteiger partial charge in [0.15, 0.2) is 5.78 Å². The number of benzene rings is 1. The highest BCUT2D eigenvalue weighted by Crippen LogP contribution is 2.21. The summed E-state index contributed by atoms with van der Waals surface area (Å²) in [4.78, 5) is 17.2. The molecule has 0 amide bonds. The van der Waals surface area contributed by atoms with Crippen molar-refractivity contribution in [3.63, 3.8) is 0 Å². The predicted octanol–water partition coefficient (Wildman–Crippen LogP) is 3.34. The second-order valence-corrected chi connectivity index (χ2v) is 6.78. The lowest BCUT2D eigenvalue weighted by Gasteiger charge is -2.40. The molecule has 0 bridgehead atoms. The highest BCUT2D eigenvalue weighted by atomic mass is 16.5. The fourth-order valence-corrected chi connectivity index (χ4v) is 3.73. The summed E-state index contributed by atoms with van der Waals surface area (Å²) >= 11 is 0. The molecule has 1 aromatic rings. The van der Waals surface area contributed by atoms with Crippen LogP contribution in [0.15, 0.2) is 36.5 Å². The molecule has 0 unspecified atom stereocenters. The molecular formula is C20H28N2O2. The van der Waals surface area contributed by atoms with Gasteiger partial charge in [-0.3, -0.25) is 4.79 Å². The summed E-state index contributed by atoms with van der Waals surface area (Å²) in [5.74, 6) is 0.753. The molecule has 3 rings (SSSR count). The maximum atomic E-state index is 12.3. The van der Waals surface area contributed by atoms with Crippen LogP contribution in [-0.2, 0) is 0 Å². The summed E-state index contributed by atoms with van der Waals surface area (Å²) in [6, 6.07) is 8.06. The lowest BCUT2D eigenvalue weighted by molar-refractivity contribution is 0.103. The predicted molar refractivity (Wildman–Crippen MR) is 96.5 cm³/mol. The van der Waals surface area contributed by atoms with E-state index in [1.165, 1.54) is 45.2 Å². The van der Waals surface area contributed by atoms with Gasteiger partial charge in [-0.05, 0) is 50.9 Å². The number of likely N-dealkylation sites (tertiary alicyclic amines) is 2. The summed E-state index contributed by atoms with van der Waals surface area (Å²) in [7, 11) is 1.62. The van der Waals surface area contributed by atoms with E-state index in [1.807, 2.05) is 24.4 Å². The molecular weight excluding hydrogens is 300 g/mol. The summed E-state index contributed by atoms with van der Waals surface area (Å²) in [6.07, 6.45) is 10.2. The number of piperidine rings is 2. The quantitative estimate of drug-likeness (QED) is 0.613. The Bertz CT molecular complexity index is 571. The zero-order valence-electron chi connectivity index (χ0n) is 14.6. The van der Waals surface area contributed by atoms with Gasteiger partial charge in [0.05, 0.1) is 7.11 Å². The number of carbonyl (C=O) groups excluding carboxylic acids is 1. The van der Waals surface area contributed by atoms with E-state index in [1.54, 1.807) is 19.3 Å². The van der Waals surface area contributed by atoms with Crippen LogP contribution in [0.2, 0.25) is 0 Å². The molecule has 1 aromatic carbocycles. The molecule has 2 fully saturated rings. The van der Waals surface area contributed by atoms with E-state index in [0.29, 0.717) is 5.56 Å². The smallest absolute Gasteiger partial charge is 0.187 e. The number of methoxy groups -OCH3 is 1. The Kier molecular flexibility index (Phi) is 5.91. The van der Waals surface area contributed by atoms with Crippen LogP contribution >= 0.6 is 0 Å². The van der Waals surface area contributed by atoms with Crippen LogP contribution in [-0.4, -0.2) is 54.9 Å². The van der Waals surface area contributed by atoms with Gasteiger partial charge in [0.1, 0.15) is 5.75 Å². The van der Waals surface area contributed by atoms with Gasteiger partial charge in [0.2, 0.25) is 0 Å². The zero-order chi connectivity index (χ0) is 16.8. The largest absolute Gasteiger partial charge is 0.497 e. The highest BCUT2D eigenvalue weighted by Gasteiger charge is 2.24. The topological polar surface area (TPSA) is 32.8 Å². The minimum absolute atomic E-state index is 0.0343. The lowest BCUT2D eigenvalue weighted by Crippen LogP contribution is -2.45. The summed E-state index contributed by atoms with van der Waals surface area (Å²) in [5, 5.41) is 0. The third-order valence-corrected chi connectivity index (χ3v) is 5.20. The third kappa shape index (κ3) is 4.38. The second-order valence-electron chi connectivity index (χ2n) is 6.78. The molecule has 0 spiro atoms. The maximum Gasteiger partial charge on any atom is 0.187 e. The van der Waals surface area contributed by atoms with Crippen LogP contribution < -0.4 is 4.74 Å². The van der Waals surface area contributed by atoms with Gasteiger partial charge in [-0.2, -0.15) is 0 Å². The van der Waals surface area contributed by atoms with Crippen LogP contribution in [0.25, 0.3) is 0 Å². The van der Waals surface area contributed by atoms with Crippen LogP contribution in [0.4, 0.5) is 0 Å². The number of hydrogen-bond donors (Lipinski definition) is 0. The van der Waals surface area contributed by atoms with E-state index in [2.05, 4.69) is 9.80 Å². The van der Waals surface area contributed by atoms with Crippen molar-refractivity contribution in [2.75, 3.05) is 33.3 Å². The molecule has 0 saturated carbocycles. The fourth-order valence-electron chi connectivity index (χ4n) is 3.73. The summed E-state index contributed by atoms with van der Waals surface area (Å²) in [5.41, 5.74) is 0.675. The molecule has 0 N–H and O–H groups in total. The van der Waals surface area contributed by atoms with Gasteiger partial charge in [0.25, 0.3) is 0 Å². The average Bonchev–Trinajstić information content (AvgIpc) is 2.67.